The molecule has 1 rings (SSSR count). The Morgan fingerprint density at radius 1 is 1.33 bits per heavy atom. The molecule has 0 spiro atoms. The van der Waals surface area contributed by atoms with Gasteiger partial charge in [0.2, 0.25) is 0 Å². The molecule has 0 fully saturated rings. The summed E-state index contributed by atoms with van der Waals surface area (Å²) in [6.45, 7) is 0. The number of oxazole rings is 1. The van der Waals surface area contributed by atoms with Gasteiger partial charge < -0.3 is 23.9 Å². The van der Waals surface area contributed by atoms with E-state index >= 15 is 0 Å². The smallest absolute Gasteiger partial charge is 0.360 e. The topological polar surface area (TPSA) is 117 Å². The van der Waals surface area contributed by atoms with E-state index in [0.717, 1.165) is 20.5 Å². The fraction of sp³-hybridized carbons (Fsp3) is 0.455. The van der Waals surface area contributed by atoms with Crippen molar-refractivity contribution in [3.63, 3.8) is 0 Å². The van der Waals surface area contributed by atoms with Crippen LogP contribution in [0.4, 0.5) is 0 Å². The zero-order valence-electron chi connectivity index (χ0n) is 11.5. The van der Waals surface area contributed by atoms with Crippen LogP contribution >= 0.6 is 15.9 Å². The van der Waals surface area contributed by atoms with Gasteiger partial charge in [0.15, 0.2) is 5.69 Å². The molecule has 0 aliphatic heterocycles. The van der Waals surface area contributed by atoms with Gasteiger partial charge in [-0.3, -0.25) is 4.79 Å². The summed E-state index contributed by atoms with van der Waals surface area (Å²) in [7, 11) is 3.52. The largest absolute Gasteiger partial charge is 0.465 e. The first-order valence-electron chi connectivity index (χ1n) is 5.50. The molecular formula is C11H13BrN2O7. The normalized spacial score (nSPS) is 13.1. The minimum atomic E-state index is -1.74. The number of methoxy groups -OCH3 is 3. The molecule has 1 aromatic rings. The van der Waals surface area contributed by atoms with E-state index in [1.807, 2.05) is 0 Å². The maximum atomic E-state index is 12.0. The van der Waals surface area contributed by atoms with Crippen LogP contribution in [0.15, 0.2) is 10.7 Å². The van der Waals surface area contributed by atoms with Crippen LogP contribution in [0.5, 0.6) is 0 Å². The van der Waals surface area contributed by atoms with Crippen molar-refractivity contribution in [1.29, 1.82) is 0 Å². The van der Waals surface area contributed by atoms with Crippen molar-refractivity contribution >= 4 is 33.8 Å². The van der Waals surface area contributed by atoms with Gasteiger partial charge in [-0.15, -0.1) is 0 Å². The Labute approximate surface area is 128 Å². The molecule has 0 radical (unpaired) electrons. The molecule has 0 bridgehead atoms. The Bertz CT molecular complexity index is 538. The second-order valence-electron chi connectivity index (χ2n) is 3.64. The molecule has 10 heteroatoms. The minimum absolute atomic E-state index is 0.0700. The van der Waals surface area contributed by atoms with E-state index in [1.165, 1.54) is 7.11 Å². The molecule has 0 saturated carbocycles. The van der Waals surface area contributed by atoms with E-state index in [2.05, 4.69) is 35.7 Å². The number of nitrogens with one attached hydrogen (secondary N) is 1. The van der Waals surface area contributed by atoms with Gasteiger partial charge in [0.1, 0.15) is 6.26 Å². The standard InChI is InChI=1S/C11H13BrN2O7/c1-18-9(16)6-4-21-8(13-6)7(15)14-11(5-12,20-3)10(17)19-2/h4H,5H2,1-3H3,(H,14,15). The molecule has 0 aromatic carbocycles. The van der Waals surface area contributed by atoms with Gasteiger partial charge in [-0.05, 0) is 0 Å². The average Bonchev–Trinajstić information content (AvgIpc) is 3.01. The van der Waals surface area contributed by atoms with Crippen LogP contribution in [0.1, 0.15) is 21.2 Å². The Kier molecular flexibility index (Phi) is 5.85. The molecule has 116 valence electrons. The summed E-state index contributed by atoms with van der Waals surface area (Å²) in [5.74, 6) is -2.88. The molecule has 1 aromatic heterocycles. The maximum absolute atomic E-state index is 12.0. The molecule has 1 unspecified atom stereocenters. The number of carbonyl (C=O) groups excluding carboxylic acids is 3. The molecule has 1 N–H and O–H groups in total. The van der Waals surface area contributed by atoms with Crippen LogP contribution in [-0.2, 0) is 19.0 Å². The molecule has 0 aliphatic carbocycles. The Balaban J connectivity index is 2.95. The fourth-order valence-corrected chi connectivity index (χ4v) is 1.90. The summed E-state index contributed by atoms with van der Waals surface area (Å²) >= 11 is 3.05. The number of carbonyl (C=O) groups is 3. The predicted molar refractivity (Wildman–Crippen MR) is 70.9 cm³/mol. The van der Waals surface area contributed by atoms with Gasteiger partial charge in [-0.1, -0.05) is 15.9 Å². The second kappa shape index (κ2) is 7.18. The van der Waals surface area contributed by atoms with Crippen molar-refractivity contribution in [3.05, 3.63) is 17.8 Å². The van der Waals surface area contributed by atoms with Crippen LogP contribution in [0, 0.1) is 0 Å². The third-order valence-corrected chi connectivity index (χ3v) is 3.25. The van der Waals surface area contributed by atoms with E-state index in [1.54, 1.807) is 0 Å². The average molecular weight is 365 g/mol. The summed E-state index contributed by atoms with van der Waals surface area (Å²) < 4.78 is 18.8. The monoisotopic (exact) mass is 364 g/mol. The summed E-state index contributed by atoms with van der Waals surface area (Å²) in [5.41, 5.74) is -1.92. The summed E-state index contributed by atoms with van der Waals surface area (Å²) in [4.78, 5) is 38.6. The van der Waals surface area contributed by atoms with Crippen LogP contribution in [0.3, 0.4) is 0 Å². The van der Waals surface area contributed by atoms with Crippen molar-refractivity contribution in [1.82, 2.24) is 10.3 Å². The van der Waals surface area contributed by atoms with Crippen molar-refractivity contribution in [2.24, 2.45) is 0 Å². The second-order valence-corrected chi connectivity index (χ2v) is 4.20. The van der Waals surface area contributed by atoms with E-state index < -0.39 is 29.5 Å². The summed E-state index contributed by atoms with van der Waals surface area (Å²) in [6, 6.07) is 0. The van der Waals surface area contributed by atoms with Gasteiger partial charge in [-0.2, -0.15) is 4.98 Å². The highest BCUT2D eigenvalue weighted by molar-refractivity contribution is 9.09. The van der Waals surface area contributed by atoms with Crippen molar-refractivity contribution in [3.8, 4) is 0 Å². The maximum Gasteiger partial charge on any atom is 0.360 e. The lowest BCUT2D eigenvalue weighted by Crippen LogP contribution is -2.58. The van der Waals surface area contributed by atoms with E-state index in [-0.39, 0.29) is 11.0 Å². The third kappa shape index (κ3) is 3.58. The first-order chi connectivity index (χ1) is 9.93. The first kappa shape index (κ1) is 17.1. The van der Waals surface area contributed by atoms with Crippen molar-refractivity contribution < 1.29 is 33.0 Å². The van der Waals surface area contributed by atoms with Crippen molar-refractivity contribution in [2.75, 3.05) is 26.7 Å². The van der Waals surface area contributed by atoms with Gasteiger partial charge in [0.05, 0.1) is 19.5 Å². The Morgan fingerprint density at radius 3 is 2.48 bits per heavy atom. The van der Waals surface area contributed by atoms with Gasteiger partial charge >= 0.3 is 17.8 Å². The van der Waals surface area contributed by atoms with Gasteiger partial charge in [0, 0.05) is 7.11 Å². The number of halogens is 1. The fourth-order valence-electron chi connectivity index (χ4n) is 1.31. The molecule has 0 aliphatic rings. The predicted octanol–water partition coefficient (Wildman–Crippen LogP) is 0.102. The molecule has 1 amide bonds. The van der Waals surface area contributed by atoms with Gasteiger partial charge in [0.25, 0.3) is 11.6 Å². The zero-order chi connectivity index (χ0) is 16.0. The Hall–Kier alpha value is -1.94. The highest BCUT2D eigenvalue weighted by atomic mass is 79.9. The molecular weight excluding hydrogens is 352 g/mol. The number of hydrogen-bond acceptors (Lipinski definition) is 8. The van der Waals surface area contributed by atoms with Gasteiger partial charge in [-0.25, -0.2) is 9.59 Å². The van der Waals surface area contributed by atoms with Crippen LogP contribution in [0.25, 0.3) is 0 Å². The number of amides is 1. The van der Waals surface area contributed by atoms with E-state index in [0.29, 0.717) is 0 Å². The summed E-state index contributed by atoms with van der Waals surface area (Å²) in [6.07, 6.45) is 0.960. The highest BCUT2D eigenvalue weighted by Crippen LogP contribution is 2.14. The molecule has 1 atom stereocenters. The number of ether oxygens (including phenoxy) is 3. The lowest BCUT2D eigenvalue weighted by molar-refractivity contribution is -0.165. The quantitative estimate of drug-likeness (QED) is 0.429. The van der Waals surface area contributed by atoms with Crippen LogP contribution < -0.4 is 5.32 Å². The first-order valence-corrected chi connectivity index (χ1v) is 6.62. The number of rotatable bonds is 6. The number of hydrogen-bond donors (Lipinski definition) is 1. The lowest BCUT2D eigenvalue weighted by atomic mass is 10.2. The number of nitrogens with zero attached hydrogens (tertiary/aromatic N) is 1. The summed E-state index contributed by atoms with van der Waals surface area (Å²) in [5, 5.41) is 2.21. The highest BCUT2D eigenvalue weighted by Gasteiger charge is 2.42. The Morgan fingerprint density at radius 2 is 2.00 bits per heavy atom. The number of esters is 2. The van der Waals surface area contributed by atoms with Crippen LogP contribution in [-0.4, -0.2) is 55.2 Å². The SMILES string of the molecule is COC(=O)c1coc(C(=O)NC(CBr)(OC)C(=O)OC)n1. The molecule has 0 saturated heterocycles. The molecule has 1 heterocycles. The number of alkyl halides is 1. The van der Waals surface area contributed by atoms with Crippen molar-refractivity contribution in [2.45, 2.75) is 5.72 Å². The number of aromatic nitrogens is 1. The zero-order valence-corrected chi connectivity index (χ0v) is 13.1. The minimum Gasteiger partial charge on any atom is -0.465 e. The van der Waals surface area contributed by atoms with E-state index in [4.69, 9.17) is 9.15 Å². The lowest BCUT2D eigenvalue weighted by Gasteiger charge is -2.27. The van der Waals surface area contributed by atoms with Crippen LogP contribution in [0.2, 0.25) is 0 Å². The molecule has 21 heavy (non-hydrogen) atoms. The van der Waals surface area contributed by atoms with E-state index in [9.17, 15) is 14.4 Å². The molecule has 9 nitrogen and oxygen atoms in total. The third-order valence-electron chi connectivity index (χ3n) is 2.46.